The molecule has 0 N–H and O–H groups in total. The first-order valence-corrected chi connectivity index (χ1v) is 10.1. The largest absolute Gasteiger partial charge is 0.333 e. The van der Waals surface area contributed by atoms with Gasteiger partial charge < -0.3 is 9.80 Å². The summed E-state index contributed by atoms with van der Waals surface area (Å²) in [6, 6.07) is 12.1. The van der Waals surface area contributed by atoms with Crippen LogP contribution in [0.2, 0.25) is 0 Å². The molecule has 1 heterocycles. The molecule has 0 aliphatic rings. The highest BCUT2D eigenvalue weighted by Crippen LogP contribution is 2.19. The Morgan fingerprint density at radius 3 is 2.27 bits per heavy atom. The second-order valence-electron chi connectivity index (χ2n) is 6.43. The zero-order valence-electron chi connectivity index (χ0n) is 15.9. The van der Waals surface area contributed by atoms with Crippen LogP contribution in [-0.4, -0.2) is 34.7 Å². The lowest BCUT2D eigenvalue weighted by Gasteiger charge is -2.27. The molecular formula is C21H28N2O2S. The quantitative estimate of drug-likeness (QED) is 0.661. The highest BCUT2D eigenvalue weighted by atomic mass is 32.1. The van der Waals surface area contributed by atoms with Gasteiger partial charge in [-0.1, -0.05) is 44.2 Å². The normalized spacial score (nSPS) is 10.6. The van der Waals surface area contributed by atoms with Crippen molar-refractivity contribution in [2.45, 2.75) is 46.7 Å². The van der Waals surface area contributed by atoms with Gasteiger partial charge in [0.2, 0.25) is 11.8 Å². The van der Waals surface area contributed by atoms with Gasteiger partial charge in [-0.3, -0.25) is 9.59 Å². The van der Waals surface area contributed by atoms with Gasteiger partial charge >= 0.3 is 0 Å². The first-order chi connectivity index (χ1) is 12.5. The van der Waals surface area contributed by atoms with Crippen LogP contribution in [0.15, 0.2) is 41.8 Å². The Balaban J connectivity index is 2.16. The molecule has 0 bridgehead atoms. The number of carbonyl (C=O) groups excluding carboxylic acids is 2. The van der Waals surface area contributed by atoms with E-state index in [-0.39, 0.29) is 18.4 Å². The SMILES string of the molecule is CCCN(CC(=O)N(Cc1ccccc1)Cc1sccc1C)C(=O)CC. The maximum atomic E-state index is 13.0. The van der Waals surface area contributed by atoms with E-state index >= 15 is 0 Å². The lowest BCUT2D eigenvalue weighted by Crippen LogP contribution is -2.42. The minimum Gasteiger partial charge on any atom is -0.333 e. The maximum absolute atomic E-state index is 13.0. The van der Waals surface area contributed by atoms with Crippen molar-refractivity contribution < 1.29 is 9.59 Å². The number of hydrogen-bond donors (Lipinski definition) is 0. The monoisotopic (exact) mass is 372 g/mol. The number of nitrogens with zero attached hydrogens (tertiary/aromatic N) is 2. The van der Waals surface area contributed by atoms with E-state index < -0.39 is 0 Å². The van der Waals surface area contributed by atoms with Gasteiger partial charge in [-0.25, -0.2) is 0 Å². The third kappa shape index (κ3) is 5.70. The predicted molar refractivity (Wildman–Crippen MR) is 107 cm³/mol. The Hall–Kier alpha value is -2.14. The van der Waals surface area contributed by atoms with Crippen molar-refractivity contribution in [2.24, 2.45) is 0 Å². The molecule has 0 aliphatic heterocycles. The third-order valence-electron chi connectivity index (χ3n) is 4.35. The topological polar surface area (TPSA) is 40.6 Å². The summed E-state index contributed by atoms with van der Waals surface area (Å²) in [5.41, 5.74) is 2.30. The zero-order chi connectivity index (χ0) is 18.9. The van der Waals surface area contributed by atoms with Crippen LogP contribution < -0.4 is 0 Å². The second-order valence-corrected chi connectivity index (χ2v) is 7.43. The number of aryl methyl sites for hydroxylation is 1. The van der Waals surface area contributed by atoms with E-state index in [1.165, 1.54) is 10.4 Å². The summed E-state index contributed by atoms with van der Waals surface area (Å²) < 4.78 is 0. The Labute approximate surface area is 160 Å². The standard InChI is InChI=1S/C21H28N2O2S/c1-4-12-22(20(24)5-2)16-21(25)23(14-18-9-7-6-8-10-18)15-19-17(3)11-13-26-19/h6-11,13H,4-5,12,14-16H2,1-3H3. The Kier molecular flexibility index (Phi) is 7.85. The number of rotatable bonds is 9. The van der Waals surface area contributed by atoms with Crippen molar-refractivity contribution in [1.29, 1.82) is 0 Å². The number of carbonyl (C=O) groups is 2. The van der Waals surface area contributed by atoms with Gasteiger partial charge in [-0.2, -0.15) is 0 Å². The fourth-order valence-corrected chi connectivity index (χ4v) is 3.74. The number of hydrogen-bond acceptors (Lipinski definition) is 3. The molecule has 0 unspecified atom stereocenters. The summed E-state index contributed by atoms with van der Waals surface area (Å²) in [6.45, 7) is 7.84. The molecule has 4 nitrogen and oxygen atoms in total. The molecular weight excluding hydrogens is 344 g/mol. The van der Waals surface area contributed by atoms with E-state index in [4.69, 9.17) is 0 Å². The summed E-state index contributed by atoms with van der Waals surface area (Å²) in [7, 11) is 0. The van der Waals surface area contributed by atoms with Crippen molar-refractivity contribution >= 4 is 23.2 Å². The first kappa shape index (κ1) is 20.2. The molecule has 2 amide bonds. The minimum atomic E-state index is -0.00287. The minimum absolute atomic E-state index is 0.00287. The fourth-order valence-electron chi connectivity index (χ4n) is 2.82. The molecule has 0 radical (unpaired) electrons. The Morgan fingerprint density at radius 2 is 1.69 bits per heavy atom. The molecule has 0 spiro atoms. The highest BCUT2D eigenvalue weighted by molar-refractivity contribution is 7.10. The average molecular weight is 373 g/mol. The summed E-state index contributed by atoms with van der Waals surface area (Å²) >= 11 is 1.67. The molecule has 1 aromatic carbocycles. The van der Waals surface area contributed by atoms with Crippen LogP contribution >= 0.6 is 11.3 Å². The predicted octanol–water partition coefficient (Wildman–Crippen LogP) is 4.23. The van der Waals surface area contributed by atoms with Crippen LogP contribution in [0.1, 0.15) is 42.7 Å². The van der Waals surface area contributed by atoms with Gasteiger partial charge in [-0.05, 0) is 35.9 Å². The molecule has 1 aromatic heterocycles. The number of amides is 2. The van der Waals surface area contributed by atoms with Crippen LogP contribution in [0.5, 0.6) is 0 Å². The molecule has 0 fully saturated rings. The van der Waals surface area contributed by atoms with Crippen molar-refractivity contribution in [3.05, 3.63) is 57.8 Å². The summed E-state index contributed by atoms with van der Waals surface area (Å²) in [6.07, 6.45) is 1.28. The highest BCUT2D eigenvalue weighted by Gasteiger charge is 2.21. The van der Waals surface area contributed by atoms with Gasteiger partial charge in [0.1, 0.15) is 0 Å². The molecule has 0 saturated carbocycles. The van der Waals surface area contributed by atoms with E-state index in [2.05, 4.69) is 18.4 Å². The van der Waals surface area contributed by atoms with E-state index in [9.17, 15) is 9.59 Å². The first-order valence-electron chi connectivity index (χ1n) is 9.17. The Bertz CT molecular complexity index is 712. The number of benzene rings is 1. The van der Waals surface area contributed by atoms with Crippen molar-refractivity contribution in [3.8, 4) is 0 Å². The Morgan fingerprint density at radius 1 is 0.962 bits per heavy atom. The van der Waals surface area contributed by atoms with Crippen molar-refractivity contribution in [1.82, 2.24) is 9.80 Å². The van der Waals surface area contributed by atoms with Crippen LogP contribution in [0.25, 0.3) is 0 Å². The van der Waals surface area contributed by atoms with E-state index in [1.54, 1.807) is 16.2 Å². The lowest BCUT2D eigenvalue weighted by atomic mass is 10.2. The average Bonchev–Trinajstić information content (AvgIpc) is 3.05. The third-order valence-corrected chi connectivity index (χ3v) is 5.35. The summed E-state index contributed by atoms with van der Waals surface area (Å²) in [5, 5.41) is 2.06. The molecule has 0 aliphatic carbocycles. The molecule has 5 heteroatoms. The van der Waals surface area contributed by atoms with Gasteiger partial charge in [0, 0.05) is 24.4 Å². The van der Waals surface area contributed by atoms with E-state index in [0.717, 1.165) is 12.0 Å². The number of thiophene rings is 1. The lowest BCUT2D eigenvalue weighted by molar-refractivity contribution is -0.141. The molecule has 0 atom stereocenters. The molecule has 2 rings (SSSR count). The summed E-state index contributed by atoms with van der Waals surface area (Å²) in [5.74, 6) is 0.0315. The van der Waals surface area contributed by atoms with Crippen LogP contribution in [-0.2, 0) is 22.7 Å². The van der Waals surface area contributed by atoms with Crippen molar-refractivity contribution in [3.63, 3.8) is 0 Å². The van der Waals surface area contributed by atoms with Gasteiger partial charge in [0.05, 0.1) is 13.1 Å². The van der Waals surface area contributed by atoms with E-state index in [0.29, 0.717) is 26.1 Å². The maximum Gasteiger partial charge on any atom is 0.242 e. The summed E-state index contributed by atoms with van der Waals surface area (Å²) in [4.78, 5) is 29.9. The molecule has 26 heavy (non-hydrogen) atoms. The molecule has 140 valence electrons. The molecule has 2 aromatic rings. The van der Waals surface area contributed by atoms with Crippen LogP contribution in [0.4, 0.5) is 0 Å². The zero-order valence-corrected chi connectivity index (χ0v) is 16.7. The van der Waals surface area contributed by atoms with Crippen LogP contribution in [0, 0.1) is 6.92 Å². The second kappa shape index (κ2) is 10.1. The molecule has 0 saturated heterocycles. The smallest absolute Gasteiger partial charge is 0.242 e. The fraction of sp³-hybridized carbons (Fsp3) is 0.429. The van der Waals surface area contributed by atoms with Crippen molar-refractivity contribution in [2.75, 3.05) is 13.1 Å². The van der Waals surface area contributed by atoms with Gasteiger partial charge in [-0.15, -0.1) is 11.3 Å². The van der Waals surface area contributed by atoms with Gasteiger partial charge in [0.25, 0.3) is 0 Å². The van der Waals surface area contributed by atoms with Crippen LogP contribution in [0.3, 0.4) is 0 Å². The van der Waals surface area contributed by atoms with E-state index in [1.807, 2.05) is 49.1 Å². The van der Waals surface area contributed by atoms with Gasteiger partial charge in [0.15, 0.2) is 0 Å².